The van der Waals surface area contributed by atoms with E-state index in [1.165, 1.54) is 6.42 Å². The number of hydrogen-bond acceptors (Lipinski definition) is 2. The van der Waals surface area contributed by atoms with Gasteiger partial charge in [-0.1, -0.05) is 23.2 Å². The second-order valence-electron chi connectivity index (χ2n) is 4.66. The number of nitrogens with one attached hydrogen (secondary N) is 3. The maximum Gasteiger partial charge on any atom is 0.319 e. The summed E-state index contributed by atoms with van der Waals surface area (Å²) in [6.45, 7) is 2.82. The Morgan fingerprint density at radius 2 is 2.21 bits per heavy atom. The summed E-state index contributed by atoms with van der Waals surface area (Å²) in [5.41, 5.74) is 0.634. The summed E-state index contributed by atoms with van der Waals surface area (Å²) < 4.78 is 0. The van der Waals surface area contributed by atoms with Crippen LogP contribution in [0.5, 0.6) is 0 Å². The van der Waals surface area contributed by atoms with E-state index >= 15 is 0 Å². The molecule has 0 radical (unpaired) electrons. The molecule has 1 aliphatic rings. The van der Waals surface area contributed by atoms with E-state index in [-0.39, 0.29) is 6.03 Å². The van der Waals surface area contributed by atoms with Crippen molar-refractivity contribution >= 4 is 34.9 Å². The fraction of sp³-hybridized carbons (Fsp3) is 0.462. The zero-order valence-corrected chi connectivity index (χ0v) is 12.0. The van der Waals surface area contributed by atoms with Gasteiger partial charge in [-0.3, -0.25) is 0 Å². The second-order valence-corrected chi connectivity index (χ2v) is 5.47. The lowest BCUT2D eigenvalue weighted by Gasteiger charge is -2.10. The Morgan fingerprint density at radius 3 is 2.89 bits per heavy atom. The van der Waals surface area contributed by atoms with Crippen molar-refractivity contribution in [3.05, 3.63) is 28.2 Å². The van der Waals surface area contributed by atoms with Crippen molar-refractivity contribution in [3.8, 4) is 0 Å². The largest absolute Gasteiger partial charge is 0.338 e. The van der Waals surface area contributed by atoms with Gasteiger partial charge in [-0.2, -0.15) is 0 Å². The van der Waals surface area contributed by atoms with Gasteiger partial charge in [0.2, 0.25) is 0 Å². The van der Waals surface area contributed by atoms with Crippen LogP contribution in [0, 0.1) is 5.92 Å². The molecule has 1 atom stereocenters. The topological polar surface area (TPSA) is 53.2 Å². The molecule has 0 aromatic heterocycles. The molecule has 1 aliphatic heterocycles. The van der Waals surface area contributed by atoms with Crippen LogP contribution in [-0.4, -0.2) is 25.7 Å². The van der Waals surface area contributed by atoms with Gasteiger partial charge >= 0.3 is 6.03 Å². The van der Waals surface area contributed by atoms with Gasteiger partial charge in [-0.15, -0.1) is 0 Å². The molecular weight excluding hydrogens is 285 g/mol. The van der Waals surface area contributed by atoms with Crippen molar-refractivity contribution in [3.63, 3.8) is 0 Å². The number of halogens is 2. The molecule has 0 saturated carbocycles. The minimum atomic E-state index is -0.218. The molecule has 0 spiro atoms. The lowest BCUT2D eigenvalue weighted by Crippen LogP contribution is -2.30. The van der Waals surface area contributed by atoms with Crippen molar-refractivity contribution < 1.29 is 4.79 Å². The predicted molar refractivity (Wildman–Crippen MR) is 79.1 cm³/mol. The first-order valence-electron chi connectivity index (χ1n) is 6.36. The van der Waals surface area contributed by atoms with Crippen LogP contribution < -0.4 is 16.0 Å². The van der Waals surface area contributed by atoms with Crippen molar-refractivity contribution in [1.82, 2.24) is 10.6 Å². The van der Waals surface area contributed by atoms with Crippen LogP contribution in [0.15, 0.2) is 18.2 Å². The first kappa shape index (κ1) is 14.4. The average molecular weight is 302 g/mol. The van der Waals surface area contributed by atoms with Crippen LogP contribution in [0.25, 0.3) is 0 Å². The van der Waals surface area contributed by atoms with E-state index in [0.717, 1.165) is 19.5 Å². The Bertz CT molecular complexity index is 448. The van der Waals surface area contributed by atoms with Crippen molar-refractivity contribution in [2.24, 2.45) is 5.92 Å². The number of carbonyl (C=O) groups excluding carboxylic acids is 1. The number of urea groups is 1. The quantitative estimate of drug-likeness (QED) is 0.800. The minimum absolute atomic E-state index is 0.218. The van der Waals surface area contributed by atoms with E-state index in [0.29, 0.717) is 28.2 Å². The fourth-order valence-electron chi connectivity index (χ4n) is 2.10. The molecule has 1 fully saturated rings. The Balaban J connectivity index is 1.72. The van der Waals surface area contributed by atoms with Crippen LogP contribution in [-0.2, 0) is 0 Å². The van der Waals surface area contributed by atoms with Crippen molar-refractivity contribution in [2.45, 2.75) is 12.8 Å². The van der Waals surface area contributed by atoms with Gasteiger partial charge in [-0.05, 0) is 50.0 Å². The predicted octanol–water partition coefficient (Wildman–Crippen LogP) is 3.11. The highest BCUT2D eigenvalue weighted by molar-refractivity contribution is 6.42. The van der Waals surface area contributed by atoms with Crippen molar-refractivity contribution in [2.75, 3.05) is 25.0 Å². The molecule has 1 unspecified atom stereocenters. The van der Waals surface area contributed by atoms with Gasteiger partial charge in [0.15, 0.2) is 0 Å². The summed E-state index contributed by atoms with van der Waals surface area (Å²) in [7, 11) is 0. The smallest absolute Gasteiger partial charge is 0.319 e. The maximum absolute atomic E-state index is 11.7. The van der Waals surface area contributed by atoms with Gasteiger partial charge in [-0.25, -0.2) is 4.79 Å². The molecule has 2 rings (SSSR count). The second kappa shape index (κ2) is 6.98. The lowest BCUT2D eigenvalue weighted by molar-refractivity contribution is 0.251. The first-order chi connectivity index (χ1) is 9.15. The molecule has 1 aromatic carbocycles. The fourth-order valence-corrected chi connectivity index (χ4v) is 2.40. The number of amides is 2. The molecule has 1 heterocycles. The molecule has 6 heteroatoms. The molecule has 1 saturated heterocycles. The Morgan fingerprint density at radius 1 is 1.37 bits per heavy atom. The highest BCUT2D eigenvalue weighted by Crippen LogP contribution is 2.24. The SMILES string of the molecule is O=C(NCCC1CCNC1)Nc1ccc(Cl)c(Cl)c1. The number of carbonyl (C=O) groups is 1. The number of rotatable bonds is 4. The molecule has 0 bridgehead atoms. The van der Waals surface area contributed by atoms with E-state index in [9.17, 15) is 4.79 Å². The number of benzene rings is 1. The number of hydrogen-bond donors (Lipinski definition) is 3. The zero-order valence-electron chi connectivity index (χ0n) is 10.5. The summed E-state index contributed by atoms with van der Waals surface area (Å²) in [6.07, 6.45) is 2.19. The van der Waals surface area contributed by atoms with Crippen LogP contribution in [0.2, 0.25) is 10.0 Å². The van der Waals surface area contributed by atoms with Crippen LogP contribution in [0.4, 0.5) is 10.5 Å². The average Bonchev–Trinajstić information content (AvgIpc) is 2.87. The van der Waals surface area contributed by atoms with Crippen LogP contribution in [0.3, 0.4) is 0 Å². The highest BCUT2D eigenvalue weighted by atomic mass is 35.5. The first-order valence-corrected chi connectivity index (χ1v) is 7.11. The van der Waals surface area contributed by atoms with Crippen LogP contribution in [0.1, 0.15) is 12.8 Å². The van der Waals surface area contributed by atoms with Gasteiger partial charge in [0, 0.05) is 12.2 Å². The van der Waals surface area contributed by atoms with Gasteiger partial charge < -0.3 is 16.0 Å². The van der Waals surface area contributed by atoms with Gasteiger partial charge in [0.1, 0.15) is 0 Å². The third-order valence-corrected chi connectivity index (χ3v) is 3.92. The van der Waals surface area contributed by atoms with Gasteiger partial charge in [0.25, 0.3) is 0 Å². The molecule has 1 aromatic rings. The van der Waals surface area contributed by atoms with Gasteiger partial charge in [0.05, 0.1) is 10.0 Å². The minimum Gasteiger partial charge on any atom is -0.338 e. The summed E-state index contributed by atoms with van der Waals surface area (Å²) in [4.78, 5) is 11.7. The summed E-state index contributed by atoms with van der Waals surface area (Å²) in [6, 6.07) is 4.78. The summed E-state index contributed by atoms with van der Waals surface area (Å²) in [5.74, 6) is 0.672. The lowest BCUT2D eigenvalue weighted by atomic mass is 10.1. The third kappa shape index (κ3) is 4.56. The summed E-state index contributed by atoms with van der Waals surface area (Å²) >= 11 is 11.7. The zero-order chi connectivity index (χ0) is 13.7. The summed E-state index contributed by atoms with van der Waals surface area (Å²) in [5, 5.41) is 9.77. The Labute approximate surface area is 122 Å². The third-order valence-electron chi connectivity index (χ3n) is 3.18. The van der Waals surface area contributed by atoms with E-state index in [1.807, 2.05) is 0 Å². The Hall–Kier alpha value is -0.970. The van der Waals surface area contributed by atoms with E-state index < -0.39 is 0 Å². The normalized spacial score (nSPS) is 18.3. The molecular formula is C13H17Cl2N3O. The van der Waals surface area contributed by atoms with E-state index in [4.69, 9.17) is 23.2 Å². The molecule has 0 aliphatic carbocycles. The monoisotopic (exact) mass is 301 g/mol. The van der Waals surface area contributed by atoms with E-state index in [2.05, 4.69) is 16.0 Å². The standard InChI is InChI=1S/C13H17Cl2N3O/c14-11-2-1-10(7-12(11)15)18-13(19)17-6-4-9-3-5-16-8-9/h1-2,7,9,16H,3-6,8H2,(H2,17,18,19). The Kier molecular flexibility index (Phi) is 5.31. The molecule has 3 N–H and O–H groups in total. The van der Waals surface area contributed by atoms with Crippen LogP contribution >= 0.6 is 23.2 Å². The highest BCUT2D eigenvalue weighted by Gasteiger charge is 2.14. The maximum atomic E-state index is 11.7. The molecule has 2 amide bonds. The molecule has 19 heavy (non-hydrogen) atoms. The molecule has 104 valence electrons. The molecule has 4 nitrogen and oxygen atoms in total. The van der Waals surface area contributed by atoms with Crippen molar-refractivity contribution in [1.29, 1.82) is 0 Å². The number of anilines is 1. The van der Waals surface area contributed by atoms with E-state index in [1.54, 1.807) is 18.2 Å².